The van der Waals surface area contributed by atoms with E-state index in [1.54, 1.807) is 94.7 Å². The van der Waals surface area contributed by atoms with Gasteiger partial charge in [-0.2, -0.15) is 25.4 Å². The molecule has 0 bridgehead atoms. The smallest absolute Gasteiger partial charge is 0.307 e. The maximum absolute atomic E-state index is 13.3. The van der Waals surface area contributed by atoms with Gasteiger partial charge in [0.2, 0.25) is 29.6 Å². The molecule has 14 rings (SSSR count). The number of rotatable bonds is 38. The molecule has 7 heterocycles. The van der Waals surface area contributed by atoms with Crippen molar-refractivity contribution in [3.63, 3.8) is 0 Å². The number of likely N-dealkylation sites (N-methyl/N-ethyl adjacent to an activating group) is 6. The number of amides is 3. The summed E-state index contributed by atoms with van der Waals surface area (Å²) in [6, 6.07) is 36.6. The summed E-state index contributed by atoms with van der Waals surface area (Å²) in [6.07, 6.45) is 21.7. The topological polar surface area (TPSA) is 338 Å². The Balaban J connectivity index is 0.000000179. The van der Waals surface area contributed by atoms with Crippen LogP contribution in [0.4, 0.5) is 57.4 Å². The quantitative estimate of drug-likeness (QED) is 0.0224. The Labute approximate surface area is 773 Å². The highest BCUT2D eigenvalue weighted by molar-refractivity contribution is 7.88. The van der Waals surface area contributed by atoms with Crippen molar-refractivity contribution >= 4 is 128 Å². The van der Waals surface area contributed by atoms with Gasteiger partial charge in [0.25, 0.3) is 0 Å². The molecule has 1 saturated heterocycles. The van der Waals surface area contributed by atoms with Crippen LogP contribution in [-0.4, -0.2) is 284 Å². The third-order valence-electron chi connectivity index (χ3n) is 22.6. The van der Waals surface area contributed by atoms with Crippen LogP contribution in [0.15, 0.2) is 190 Å². The molecular weight excluding hydrogens is 1720 g/mol. The SMILES string of the molecule is C=CC(=O)Nc1cc(Nc2ncc(C)c(-c3cn(S(=O)(=O)N(C)C)c4cc(OC)ccc34)n2)c(OC)cc1N(C)CCN(C)C.C=CC(=O)Nc1cc(Nc2nccc(-c3cn(S(=O)(=O)N(C)C)c4ccccc34)n2)c(OC)cc1N(C)CCN1CCCC1.COc1cc(N(C)CCN(C)C)c(NC(=O)/C=C/CN(C)C)cc1Cc1nccc(-c2cn(C3CC3)c3ccccc23)n1. The minimum Gasteiger partial charge on any atom is -0.497 e. The number of para-hydroxylation sites is 2. The van der Waals surface area contributed by atoms with Gasteiger partial charge >= 0.3 is 20.4 Å². The van der Waals surface area contributed by atoms with Gasteiger partial charge in [0, 0.05) is 219 Å². The number of methoxy groups -OCH3 is 4. The fourth-order valence-electron chi connectivity index (χ4n) is 15.2. The number of anilines is 10. The van der Waals surface area contributed by atoms with E-state index in [-0.39, 0.29) is 29.6 Å². The molecule has 2 fully saturated rings. The Morgan fingerprint density at radius 3 is 1.53 bits per heavy atom. The number of ether oxygens (including phenoxy) is 4. The molecule has 0 radical (unpaired) electrons. The van der Waals surface area contributed by atoms with Gasteiger partial charge < -0.3 is 84.4 Å². The number of likely N-dealkylation sites (tertiary alicyclic amines) is 1. The van der Waals surface area contributed by atoms with E-state index in [4.69, 9.17) is 33.9 Å². The molecule has 6 aromatic carbocycles. The average molecular weight is 1840 g/mol. The van der Waals surface area contributed by atoms with Gasteiger partial charge in [-0.25, -0.2) is 37.8 Å². The minimum atomic E-state index is -3.86. The summed E-state index contributed by atoms with van der Waals surface area (Å²) >= 11 is 0. The van der Waals surface area contributed by atoms with E-state index in [1.165, 1.54) is 96.3 Å². The number of nitrogens with one attached hydrogen (secondary N) is 5. The number of carbonyl (C=O) groups is 3. The Bertz CT molecular complexity index is 6440. The molecule has 0 spiro atoms. The van der Waals surface area contributed by atoms with Crippen LogP contribution in [0.1, 0.15) is 48.7 Å². The number of nitrogens with zero attached hydrogens (tertiary/aromatic N) is 18. The monoisotopic (exact) mass is 1840 g/mol. The van der Waals surface area contributed by atoms with Crippen LogP contribution < -0.4 is 60.2 Å². The van der Waals surface area contributed by atoms with Crippen molar-refractivity contribution < 1.29 is 50.2 Å². The maximum Gasteiger partial charge on any atom is 0.307 e. The maximum atomic E-state index is 13.3. The molecule has 132 heavy (non-hydrogen) atoms. The molecule has 1 aliphatic carbocycles. The number of hydrogen-bond acceptors (Lipinski definition) is 26. The van der Waals surface area contributed by atoms with E-state index in [9.17, 15) is 31.2 Å². The molecule has 0 atom stereocenters. The van der Waals surface area contributed by atoms with Crippen LogP contribution in [0, 0.1) is 6.92 Å². The van der Waals surface area contributed by atoms with Gasteiger partial charge in [-0.1, -0.05) is 55.6 Å². The summed E-state index contributed by atoms with van der Waals surface area (Å²) < 4.78 is 82.6. The first-order chi connectivity index (χ1) is 63.1. The second-order valence-corrected chi connectivity index (χ2v) is 37.5. The zero-order valence-corrected chi connectivity index (χ0v) is 80.1. The lowest BCUT2D eigenvalue weighted by molar-refractivity contribution is -0.112. The Morgan fingerprint density at radius 2 is 0.985 bits per heavy atom. The fraction of sp³-hybridized carbons (Fsp3) is 0.344. The van der Waals surface area contributed by atoms with E-state index in [1.807, 2.05) is 141 Å². The van der Waals surface area contributed by atoms with Crippen LogP contribution in [0.5, 0.6) is 23.0 Å². The van der Waals surface area contributed by atoms with Gasteiger partial charge in [0.15, 0.2) is 0 Å². The van der Waals surface area contributed by atoms with E-state index < -0.39 is 20.4 Å². The van der Waals surface area contributed by atoms with E-state index in [2.05, 4.69) is 114 Å². The molecule has 12 aromatic rings. The number of hydrogen-bond donors (Lipinski definition) is 5. The molecule has 1 aliphatic heterocycles. The average Bonchev–Trinajstić information content (AvgIpc) is 1.60. The highest BCUT2D eigenvalue weighted by atomic mass is 32.2. The molecule has 34 nitrogen and oxygen atoms in total. The number of carbonyl (C=O) groups excluding carboxylic acids is 3. The summed E-state index contributed by atoms with van der Waals surface area (Å²) in [5.74, 6) is 2.62. The number of aryl methyl sites for hydroxylation is 1. The molecular formula is C96H121N23O11S2. The standard InChI is InChI=1S/C34H43N7O2.C31H40N8O5S.C31H38N8O4S/c1-38(2)17-9-12-34(42)37-29-20-24(32(43-6)22-31(29)40(5)19-18-39(3)4)21-33-35-16-15-28(36-33)27-23-41(25-13-14-25)30-11-8-7-10-26(27)30;1-10-29(40)33-24-16-25(28(44-9)17-27(24)38(7)14-13-36(3)4)34-31-32-18-20(2)30(35-31)23-19-39(45(41,42)37(5)6)26-15-21(43-8)11-12-22(23)26;1-6-30(40)33-25-19-26(29(43-5)20-28(25)37(4)17-18-38-15-9-10-16-38)35-31-32-14-13-24(34-31)23-21-39(44(41,42)36(2)3)27-12-8-7-11-22(23)27/h7-12,15-16,20,22-23,25H,13-14,17-19,21H2,1-6H3,(H,37,42);10-12,15-19H,1,13-14H2,2-9H3,(H,33,40)(H,32,34,35);6-8,11-14,19-21H,1,9-10,15-18H2,2-5H3,(H,33,40)(H,32,34,35)/b12-9+;;. The molecule has 36 heteroatoms. The van der Waals surface area contributed by atoms with Crippen molar-refractivity contribution in [1.82, 2.24) is 70.6 Å². The van der Waals surface area contributed by atoms with E-state index in [0.29, 0.717) is 110 Å². The second-order valence-electron chi connectivity index (χ2n) is 33.4. The normalized spacial score (nSPS) is 12.9. The molecule has 6 aromatic heterocycles. The highest BCUT2D eigenvalue weighted by Crippen LogP contribution is 2.45. The molecule has 5 N–H and O–H groups in total. The predicted octanol–water partition coefficient (Wildman–Crippen LogP) is 13.2. The first kappa shape index (κ1) is 97.7. The third-order valence-corrected chi connectivity index (χ3v) is 26.1. The summed E-state index contributed by atoms with van der Waals surface area (Å²) in [7, 11) is 22.6. The van der Waals surface area contributed by atoms with Gasteiger partial charge in [-0.05, 0) is 160 Å². The summed E-state index contributed by atoms with van der Waals surface area (Å²) in [5.41, 5.74) is 13.5. The minimum absolute atomic E-state index is 0.175. The lowest BCUT2D eigenvalue weighted by Crippen LogP contribution is -2.32. The van der Waals surface area contributed by atoms with E-state index in [0.717, 1.165) is 106 Å². The van der Waals surface area contributed by atoms with Crippen molar-refractivity contribution in [1.29, 1.82) is 0 Å². The lowest BCUT2D eigenvalue weighted by atomic mass is 10.1. The Morgan fingerprint density at radius 1 is 0.492 bits per heavy atom. The summed E-state index contributed by atoms with van der Waals surface area (Å²) in [6.45, 7) is 16.8. The zero-order chi connectivity index (χ0) is 95.0. The molecule has 3 amide bonds. The zero-order valence-electron chi connectivity index (χ0n) is 78.5. The van der Waals surface area contributed by atoms with Crippen LogP contribution in [0.3, 0.4) is 0 Å². The highest BCUT2D eigenvalue weighted by Gasteiger charge is 2.30. The summed E-state index contributed by atoms with van der Waals surface area (Å²) in [5, 5.41) is 18.0. The molecule has 2 aliphatic rings. The van der Waals surface area contributed by atoms with Gasteiger partial charge in [-0.3, -0.25) is 14.4 Å². The molecule has 1 saturated carbocycles. The largest absolute Gasteiger partial charge is 0.497 e. The van der Waals surface area contributed by atoms with Gasteiger partial charge in [-0.15, -0.1) is 0 Å². The van der Waals surface area contributed by atoms with Crippen molar-refractivity contribution in [2.45, 2.75) is 45.1 Å². The number of benzene rings is 6. The van der Waals surface area contributed by atoms with E-state index >= 15 is 0 Å². The number of aromatic nitrogens is 9. The second kappa shape index (κ2) is 43.6. The van der Waals surface area contributed by atoms with Crippen LogP contribution in [-0.2, 0) is 41.2 Å². The van der Waals surface area contributed by atoms with Gasteiger partial charge in [0.05, 0.1) is 102 Å². The number of fused-ring (bicyclic) bond motifs is 3. The van der Waals surface area contributed by atoms with Crippen molar-refractivity contribution in [2.75, 3.05) is 220 Å². The third kappa shape index (κ3) is 23.5. The van der Waals surface area contributed by atoms with Crippen LogP contribution in [0.2, 0.25) is 0 Å². The van der Waals surface area contributed by atoms with Gasteiger partial charge in [0.1, 0.15) is 28.8 Å². The fourth-order valence-corrected chi connectivity index (χ4v) is 17.2. The van der Waals surface area contributed by atoms with Crippen LogP contribution in [0.25, 0.3) is 66.5 Å². The lowest BCUT2D eigenvalue weighted by Gasteiger charge is -2.26. The van der Waals surface area contributed by atoms with Crippen molar-refractivity contribution in [3.05, 3.63) is 207 Å². The molecule has 698 valence electrons. The van der Waals surface area contributed by atoms with Crippen LogP contribution >= 0.6 is 0 Å². The molecule has 0 unspecified atom stereocenters. The predicted molar refractivity (Wildman–Crippen MR) is 529 cm³/mol. The van der Waals surface area contributed by atoms with Crippen molar-refractivity contribution in [3.8, 4) is 56.8 Å². The first-order valence-electron chi connectivity index (χ1n) is 43.2. The Kier molecular flexibility index (Phi) is 32.3. The van der Waals surface area contributed by atoms with Crippen molar-refractivity contribution in [2.24, 2.45) is 0 Å². The first-order valence-corrected chi connectivity index (χ1v) is 46.0. The Hall–Kier alpha value is -13.3. The summed E-state index contributed by atoms with van der Waals surface area (Å²) in [4.78, 5) is 80.6.